The molecule has 3 nitrogen and oxygen atoms in total. The van der Waals surface area contributed by atoms with Crippen molar-refractivity contribution < 1.29 is 9.90 Å². The van der Waals surface area contributed by atoms with E-state index in [9.17, 15) is 9.90 Å². The summed E-state index contributed by atoms with van der Waals surface area (Å²) in [5.41, 5.74) is 0.504. The lowest BCUT2D eigenvalue weighted by Crippen LogP contribution is -2.25. The van der Waals surface area contributed by atoms with Crippen LogP contribution < -0.4 is 0 Å². The van der Waals surface area contributed by atoms with Gasteiger partial charge in [0.15, 0.2) is 0 Å². The smallest absolute Gasteiger partial charge is 0.254 e. The number of phenols is 1. The summed E-state index contributed by atoms with van der Waals surface area (Å²) >= 11 is 1.62. The third-order valence-electron chi connectivity index (χ3n) is 2.41. The van der Waals surface area contributed by atoms with Crippen molar-refractivity contribution in [3.63, 3.8) is 0 Å². The number of aromatic hydroxyl groups is 1. The maximum atomic E-state index is 12.0. The van der Waals surface area contributed by atoms with Crippen LogP contribution in [0, 0.1) is 0 Å². The quantitative estimate of drug-likeness (QED) is 0.906. The van der Waals surface area contributed by atoms with Crippen LogP contribution in [0.3, 0.4) is 0 Å². The zero-order valence-corrected chi connectivity index (χ0v) is 10.3. The molecule has 1 aromatic heterocycles. The van der Waals surface area contributed by atoms with E-state index in [4.69, 9.17) is 0 Å². The van der Waals surface area contributed by atoms with Crippen molar-refractivity contribution >= 4 is 17.2 Å². The molecular formula is C13H13NO2S. The van der Waals surface area contributed by atoms with E-state index in [0.717, 1.165) is 4.88 Å². The van der Waals surface area contributed by atoms with Gasteiger partial charge in [-0.15, -0.1) is 11.3 Å². The van der Waals surface area contributed by atoms with Gasteiger partial charge in [-0.25, -0.2) is 0 Å². The van der Waals surface area contributed by atoms with Crippen LogP contribution in [0.4, 0.5) is 0 Å². The molecule has 0 spiro atoms. The van der Waals surface area contributed by atoms with Crippen molar-refractivity contribution in [2.45, 2.75) is 6.54 Å². The largest absolute Gasteiger partial charge is 0.508 e. The van der Waals surface area contributed by atoms with Crippen LogP contribution in [0.5, 0.6) is 5.75 Å². The Hall–Kier alpha value is -1.81. The van der Waals surface area contributed by atoms with Crippen LogP contribution in [-0.4, -0.2) is 23.0 Å². The summed E-state index contributed by atoms with van der Waals surface area (Å²) in [6.07, 6.45) is 0. The topological polar surface area (TPSA) is 40.5 Å². The average Bonchev–Trinajstić information content (AvgIpc) is 2.80. The molecular weight excluding hydrogens is 234 g/mol. The van der Waals surface area contributed by atoms with Crippen LogP contribution in [0.2, 0.25) is 0 Å². The highest BCUT2D eigenvalue weighted by molar-refractivity contribution is 7.09. The van der Waals surface area contributed by atoms with Gasteiger partial charge in [0.1, 0.15) is 5.75 Å². The molecule has 1 amide bonds. The maximum absolute atomic E-state index is 12.0. The number of benzene rings is 1. The highest BCUT2D eigenvalue weighted by Crippen LogP contribution is 2.15. The minimum atomic E-state index is -0.0886. The number of phenolic OH excluding ortho intramolecular Hbond substituents is 1. The summed E-state index contributed by atoms with van der Waals surface area (Å²) in [6.45, 7) is 0.589. The zero-order chi connectivity index (χ0) is 12.3. The average molecular weight is 247 g/mol. The minimum absolute atomic E-state index is 0.0886. The summed E-state index contributed by atoms with van der Waals surface area (Å²) in [4.78, 5) is 14.8. The molecule has 1 aromatic carbocycles. The Labute approximate surface area is 104 Å². The van der Waals surface area contributed by atoms with Crippen molar-refractivity contribution in [2.75, 3.05) is 7.05 Å². The van der Waals surface area contributed by atoms with Crippen LogP contribution in [-0.2, 0) is 6.54 Å². The number of hydrogen-bond donors (Lipinski definition) is 1. The molecule has 2 rings (SSSR count). The summed E-state index contributed by atoms with van der Waals surface area (Å²) in [6, 6.07) is 10.4. The fourth-order valence-corrected chi connectivity index (χ4v) is 2.32. The molecule has 0 radical (unpaired) electrons. The van der Waals surface area contributed by atoms with E-state index in [1.807, 2.05) is 17.5 Å². The molecule has 0 unspecified atom stereocenters. The number of hydrogen-bond acceptors (Lipinski definition) is 3. The number of carbonyl (C=O) groups excluding carboxylic acids is 1. The van der Waals surface area contributed by atoms with Gasteiger partial charge in [-0.2, -0.15) is 0 Å². The molecule has 0 atom stereocenters. The molecule has 0 fully saturated rings. The molecule has 0 saturated heterocycles. The van der Waals surface area contributed by atoms with E-state index >= 15 is 0 Å². The predicted octanol–water partition coefficient (Wildman–Crippen LogP) is 2.73. The van der Waals surface area contributed by atoms with E-state index in [2.05, 4.69) is 0 Å². The van der Waals surface area contributed by atoms with Gasteiger partial charge in [-0.1, -0.05) is 12.1 Å². The SMILES string of the molecule is CN(Cc1cccs1)C(=O)c1cccc(O)c1. The number of amides is 1. The van der Waals surface area contributed by atoms with Crippen molar-refractivity contribution in [3.8, 4) is 5.75 Å². The Morgan fingerprint density at radius 1 is 1.35 bits per heavy atom. The lowest BCUT2D eigenvalue weighted by atomic mass is 10.2. The first kappa shape index (κ1) is 11.7. The highest BCUT2D eigenvalue weighted by atomic mass is 32.1. The van der Waals surface area contributed by atoms with E-state index in [1.54, 1.807) is 41.5 Å². The highest BCUT2D eigenvalue weighted by Gasteiger charge is 2.12. The van der Waals surface area contributed by atoms with E-state index in [-0.39, 0.29) is 11.7 Å². The molecule has 1 heterocycles. The van der Waals surface area contributed by atoms with Crippen LogP contribution in [0.25, 0.3) is 0 Å². The minimum Gasteiger partial charge on any atom is -0.508 e. The molecule has 4 heteroatoms. The van der Waals surface area contributed by atoms with Crippen molar-refractivity contribution in [1.82, 2.24) is 4.90 Å². The summed E-state index contributed by atoms with van der Waals surface area (Å²) in [7, 11) is 1.76. The molecule has 0 aliphatic heterocycles. The van der Waals surface area contributed by atoms with E-state index in [0.29, 0.717) is 12.1 Å². The first-order valence-electron chi connectivity index (χ1n) is 5.23. The normalized spacial score (nSPS) is 10.2. The van der Waals surface area contributed by atoms with Gasteiger partial charge in [-0.3, -0.25) is 4.79 Å². The van der Waals surface area contributed by atoms with Gasteiger partial charge in [-0.05, 0) is 29.6 Å². The maximum Gasteiger partial charge on any atom is 0.254 e. The predicted molar refractivity (Wildman–Crippen MR) is 68.2 cm³/mol. The lowest BCUT2D eigenvalue weighted by molar-refractivity contribution is 0.0786. The molecule has 88 valence electrons. The zero-order valence-electron chi connectivity index (χ0n) is 9.46. The molecule has 0 aliphatic carbocycles. The second-order valence-electron chi connectivity index (χ2n) is 3.79. The summed E-state index contributed by atoms with van der Waals surface area (Å²) in [5.74, 6) is 0.0228. The van der Waals surface area contributed by atoms with Gasteiger partial charge < -0.3 is 10.0 Å². The van der Waals surface area contributed by atoms with Crippen molar-refractivity contribution in [3.05, 3.63) is 52.2 Å². The molecule has 0 aliphatic rings. The molecule has 0 bridgehead atoms. The van der Waals surface area contributed by atoms with E-state index in [1.165, 1.54) is 6.07 Å². The number of thiophene rings is 1. The van der Waals surface area contributed by atoms with Gasteiger partial charge in [0.25, 0.3) is 5.91 Å². The number of carbonyl (C=O) groups is 1. The van der Waals surface area contributed by atoms with Crippen molar-refractivity contribution in [2.24, 2.45) is 0 Å². The summed E-state index contributed by atoms with van der Waals surface area (Å²) < 4.78 is 0. The number of nitrogens with zero attached hydrogens (tertiary/aromatic N) is 1. The molecule has 1 N–H and O–H groups in total. The fraction of sp³-hybridized carbons (Fsp3) is 0.154. The Morgan fingerprint density at radius 3 is 2.82 bits per heavy atom. The van der Waals surface area contributed by atoms with Crippen molar-refractivity contribution in [1.29, 1.82) is 0 Å². The van der Waals surface area contributed by atoms with Gasteiger partial charge >= 0.3 is 0 Å². The first-order valence-corrected chi connectivity index (χ1v) is 6.11. The monoisotopic (exact) mass is 247 g/mol. The number of rotatable bonds is 3. The lowest BCUT2D eigenvalue weighted by Gasteiger charge is -2.16. The Morgan fingerprint density at radius 2 is 2.18 bits per heavy atom. The fourth-order valence-electron chi connectivity index (χ4n) is 1.57. The second-order valence-corrected chi connectivity index (χ2v) is 4.82. The van der Waals surface area contributed by atoms with E-state index < -0.39 is 0 Å². The van der Waals surface area contributed by atoms with Gasteiger partial charge in [0, 0.05) is 17.5 Å². The second kappa shape index (κ2) is 5.01. The summed E-state index contributed by atoms with van der Waals surface area (Å²) in [5, 5.41) is 11.3. The molecule has 2 aromatic rings. The molecule has 17 heavy (non-hydrogen) atoms. The van der Waals surface area contributed by atoms with Gasteiger partial charge in [0.05, 0.1) is 6.54 Å². The standard InChI is InChI=1S/C13H13NO2S/c1-14(9-12-6-3-7-17-12)13(16)10-4-2-5-11(15)8-10/h2-8,15H,9H2,1H3. The third kappa shape index (κ3) is 2.85. The van der Waals surface area contributed by atoms with Crippen LogP contribution in [0.1, 0.15) is 15.2 Å². The van der Waals surface area contributed by atoms with Crippen LogP contribution >= 0.6 is 11.3 Å². The Balaban J connectivity index is 2.09. The first-order chi connectivity index (χ1) is 8.16. The Bertz CT molecular complexity index is 508. The molecule has 0 saturated carbocycles. The third-order valence-corrected chi connectivity index (χ3v) is 3.27. The van der Waals surface area contributed by atoms with Gasteiger partial charge in [0.2, 0.25) is 0 Å². The van der Waals surface area contributed by atoms with Crippen LogP contribution in [0.15, 0.2) is 41.8 Å². The Kier molecular flexibility index (Phi) is 3.44.